The maximum absolute atomic E-state index is 14.4. The molecule has 1 saturated heterocycles. The topological polar surface area (TPSA) is 101 Å². The van der Waals surface area contributed by atoms with Gasteiger partial charge in [-0.05, 0) is 25.7 Å². The molecule has 1 aliphatic carbocycles. The molecule has 8 heteroatoms. The number of allylic oxidation sites excluding steroid dienone is 4. The largest absolute Gasteiger partial charge is 0.384 e. The van der Waals surface area contributed by atoms with Crippen molar-refractivity contribution >= 4 is 5.82 Å². The molecule has 0 amide bonds. The number of hydrogen-bond acceptors (Lipinski definition) is 5. The van der Waals surface area contributed by atoms with E-state index in [1.807, 2.05) is 24.6 Å². The van der Waals surface area contributed by atoms with E-state index >= 15 is 0 Å². The Balaban J connectivity index is 1.76. The molecule has 24 heavy (non-hydrogen) atoms. The molecule has 1 aliphatic heterocycles. The van der Waals surface area contributed by atoms with Crippen LogP contribution in [0.3, 0.4) is 0 Å². The maximum atomic E-state index is 14.4. The van der Waals surface area contributed by atoms with Gasteiger partial charge in [-0.3, -0.25) is 0 Å². The summed E-state index contributed by atoms with van der Waals surface area (Å²) in [7, 11) is 0. The molecule has 2 heterocycles. The molecule has 2 aliphatic rings. The van der Waals surface area contributed by atoms with Gasteiger partial charge < -0.3 is 20.6 Å². The zero-order valence-corrected chi connectivity index (χ0v) is 12.8. The number of nitrogens with one attached hydrogen (secondary N) is 1. The quantitative estimate of drug-likeness (QED) is 0.775. The van der Waals surface area contributed by atoms with Gasteiger partial charge in [0.05, 0.1) is 6.10 Å². The average Bonchev–Trinajstić information content (AvgIpc) is 2.77. The van der Waals surface area contributed by atoms with E-state index in [4.69, 9.17) is 10.5 Å². The molecule has 0 bridgehead atoms. The number of hydrogen-bond donors (Lipinski definition) is 3. The third-order valence-electron chi connectivity index (χ3n) is 4.24. The van der Waals surface area contributed by atoms with Gasteiger partial charge in [0.2, 0.25) is 0 Å². The van der Waals surface area contributed by atoms with Crippen molar-refractivity contribution in [1.82, 2.24) is 9.97 Å². The van der Waals surface area contributed by atoms with E-state index in [9.17, 15) is 18.7 Å². The molecular weight excluding hydrogens is 320 g/mol. The smallest absolute Gasteiger partial charge is 0.346 e. The predicted octanol–water partition coefficient (Wildman–Crippen LogP) is 1.66. The number of nitrogens with two attached hydrogens (primary N) is 1. The summed E-state index contributed by atoms with van der Waals surface area (Å²) in [5.74, 6) is -3.85. The van der Waals surface area contributed by atoms with Crippen LogP contribution in [0.25, 0.3) is 0 Å². The average molecular weight is 338 g/mol. The number of nitrogens with zero attached hydrogens (tertiary/aromatic N) is 1. The van der Waals surface area contributed by atoms with Crippen LogP contribution in [-0.4, -0.2) is 33.2 Å². The molecule has 0 spiro atoms. The number of aliphatic hydroxyl groups is 1. The van der Waals surface area contributed by atoms with Gasteiger partial charge in [0.15, 0.2) is 6.10 Å². The number of H-pyrrole nitrogens is 1. The van der Waals surface area contributed by atoms with Crippen molar-refractivity contribution in [2.75, 3.05) is 5.73 Å². The molecule has 0 aromatic carbocycles. The van der Waals surface area contributed by atoms with Gasteiger partial charge >= 0.3 is 11.6 Å². The van der Waals surface area contributed by atoms with Crippen LogP contribution in [0, 0.1) is 6.42 Å². The molecule has 3 atom stereocenters. The molecule has 0 unspecified atom stereocenters. The van der Waals surface area contributed by atoms with Crippen molar-refractivity contribution in [2.24, 2.45) is 0 Å². The lowest BCUT2D eigenvalue weighted by atomic mass is 9.95. The summed E-state index contributed by atoms with van der Waals surface area (Å²) < 4.78 is 34.2. The van der Waals surface area contributed by atoms with E-state index in [1.54, 1.807) is 0 Å². The van der Waals surface area contributed by atoms with Gasteiger partial charge in [-0.2, -0.15) is 4.98 Å². The monoisotopic (exact) mass is 338 g/mol. The number of halogens is 2. The number of nitrogen functional groups attached to an aromatic ring is 1. The predicted molar refractivity (Wildman–Crippen MR) is 83.2 cm³/mol. The Bertz CT molecular complexity index is 730. The van der Waals surface area contributed by atoms with Crippen LogP contribution in [0.4, 0.5) is 14.6 Å². The molecule has 1 aromatic heterocycles. The van der Waals surface area contributed by atoms with E-state index in [-0.39, 0.29) is 17.8 Å². The van der Waals surface area contributed by atoms with E-state index in [1.165, 1.54) is 0 Å². The number of anilines is 1. The second-order valence-electron chi connectivity index (χ2n) is 5.87. The highest BCUT2D eigenvalue weighted by Gasteiger charge is 2.59. The van der Waals surface area contributed by atoms with Crippen molar-refractivity contribution in [3.8, 4) is 0 Å². The highest BCUT2D eigenvalue weighted by atomic mass is 19.3. The van der Waals surface area contributed by atoms with Crippen molar-refractivity contribution in [3.05, 3.63) is 52.5 Å². The molecule has 129 valence electrons. The molecule has 4 N–H and O–H groups in total. The molecule has 1 radical (unpaired) electrons. The zero-order valence-electron chi connectivity index (χ0n) is 12.8. The SMILES string of the molecule is Nc1nc(=O)[nH]cc1[C@H]1O[C@@H](CCC2=CC=CC[CH]2)[C@@H](O)C1(F)F. The summed E-state index contributed by atoms with van der Waals surface area (Å²) in [5.41, 5.74) is 5.71. The minimum atomic E-state index is -3.52. The lowest BCUT2D eigenvalue weighted by Gasteiger charge is -2.20. The summed E-state index contributed by atoms with van der Waals surface area (Å²) in [5, 5.41) is 9.97. The Morgan fingerprint density at radius 3 is 2.96 bits per heavy atom. The lowest BCUT2D eigenvalue weighted by molar-refractivity contribution is -0.113. The Labute approximate surface area is 137 Å². The third-order valence-corrected chi connectivity index (χ3v) is 4.24. The van der Waals surface area contributed by atoms with Crippen LogP contribution < -0.4 is 11.4 Å². The first-order valence-corrected chi connectivity index (χ1v) is 7.65. The number of aromatic nitrogens is 2. The van der Waals surface area contributed by atoms with E-state index in [0.717, 1.165) is 18.2 Å². The van der Waals surface area contributed by atoms with Crippen LogP contribution in [0.5, 0.6) is 0 Å². The Morgan fingerprint density at radius 2 is 2.29 bits per heavy atom. The first-order chi connectivity index (χ1) is 11.4. The molecular formula is C16H18F2N3O3. The van der Waals surface area contributed by atoms with Gasteiger partial charge in [-0.25, -0.2) is 13.6 Å². The number of aromatic amines is 1. The normalized spacial score (nSPS) is 28.8. The summed E-state index contributed by atoms with van der Waals surface area (Å²) in [6.07, 6.45) is 5.71. The third kappa shape index (κ3) is 3.11. The Morgan fingerprint density at radius 1 is 1.50 bits per heavy atom. The van der Waals surface area contributed by atoms with Crippen molar-refractivity contribution in [1.29, 1.82) is 0 Å². The standard InChI is InChI=1S/C16H18F2N3O3/c17-16(18)12(22)11(7-6-9-4-2-1-3-5-9)24-13(16)10-8-20-15(23)21-14(10)19/h1-2,4-5,8,11-13,22H,3,6-7H2,(H3,19,20,21,23)/t11-,12+,13+/m0/s1. The molecule has 1 aromatic rings. The van der Waals surface area contributed by atoms with Gasteiger partial charge in [0.1, 0.15) is 11.9 Å². The lowest BCUT2D eigenvalue weighted by Crippen LogP contribution is -2.37. The highest BCUT2D eigenvalue weighted by Crippen LogP contribution is 2.47. The number of aliphatic hydroxyl groups excluding tert-OH is 1. The van der Waals surface area contributed by atoms with Crippen molar-refractivity contribution in [3.63, 3.8) is 0 Å². The van der Waals surface area contributed by atoms with Gasteiger partial charge in [-0.1, -0.05) is 23.8 Å². The van der Waals surface area contributed by atoms with E-state index in [0.29, 0.717) is 6.42 Å². The fourth-order valence-corrected chi connectivity index (χ4v) is 2.93. The van der Waals surface area contributed by atoms with Gasteiger partial charge in [0.25, 0.3) is 0 Å². The maximum Gasteiger partial charge on any atom is 0.346 e. The summed E-state index contributed by atoms with van der Waals surface area (Å²) >= 11 is 0. The van der Waals surface area contributed by atoms with Gasteiger partial charge in [-0.15, -0.1) is 0 Å². The second-order valence-corrected chi connectivity index (χ2v) is 5.87. The molecule has 0 saturated carbocycles. The Hall–Kier alpha value is -2.06. The number of ether oxygens (including phenoxy) is 1. The molecule has 3 rings (SSSR count). The van der Waals surface area contributed by atoms with Crippen LogP contribution in [0.1, 0.15) is 30.9 Å². The number of alkyl halides is 2. The van der Waals surface area contributed by atoms with Gasteiger partial charge in [0, 0.05) is 11.8 Å². The fourth-order valence-electron chi connectivity index (χ4n) is 2.93. The van der Waals surface area contributed by atoms with Crippen molar-refractivity contribution in [2.45, 2.75) is 43.5 Å². The minimum Gasteiger partial charge on any atom is -0.384 e. The van der Waals surface area contributed by atoms with Crippen LogP contribution in [0.2, 0.25) is 0 Å². The highest BCUT2D eigenvalue weighted by molar-refractivity contribution is 5.40. The second kappa shape index (κ2) is 6.45. The fraction of sp³-hybridized carbons (Fsp3) is 0.438. The van der Waals surface area contributed by atoms with Crippen molar-refractivity contribution < 1.29 is 18.6 Å². The summed E-state index contributed by atoms with van der Waals surface area (Å²) in [6, 6.07) is 0. The first kappa shape index (κ1) is 16.8. The van der Waals surface area contributed by atoms with Crippen LogP contribution >= 0.6 is 0 Å². The minimum absolute atomic E-state index is 0.132. The van der Waals surface area contributed by atoms with Crippen LogP contribution in [0.15, 0.2) is 34.8 Å². The molecule has 1 fully saturated rings. The van der Waals surface area contributed by atoms with E-state index in [2.05, 4.69) is 9.97 Å². The number of rotatable bonds is 4. The first-order valence-electron chi connectivity index (χ1n) is 7.65. The van der Waals surface area contributed by atoms with Crippen LogP contribution in [-0.2, 0) is 4.74 Å². The van der Waals surface area contributed by atoms with E-state index < -0.39 is 29.9 Å². The molecule has 6 nitrogen and oxygen atoms in total. The summed E-state index contributed by atoms with van der Waals surface area (Å²) in [6.45, 7) is 0. The zero-order chi connectivity index (χ0) is 17.3. The summed E-state index contributed by atoms with van der Waals surface area (Å²) in [4.78, 5) is 16.7. The Kier molecular flexibility index (Phi) is 4.51.